The van der Waals surface area contributed by atoms with E-state index in [2.05, 4.69) is 40.4 Å². The fourth-order valence-corrected chi connectivity index (χ4v) is 5.33. The Hall–Kier alpha value is -2.66. The van der Waals surface area contributed by atoms with Gasteiger partial charge in [0.1, 0.15) is 0 Å². The van der Waals surface area contributed by atoms with Crippen LogP contribution in [-0.2, 0) is 22.4 Å². The predicted octanol–water partition coefficient (Wildman–Crippen LogP) is 3.52. The van der Waals surface area contributed by atoms with Gasteiger partial charge in [0.15, 0.2) is 0 Å². The molecule has 1 aliphatic heterocycles. The van der Waals surface area contributed by atoms with Crippen LogP contribution in [0.25, 0.3) is 0 Å². The standard InChI is InChI=1S/C24H27N3O2/c28-23(18-13-16-5-1-2-6-17(16)14-18)25-19-11-9-15(10-12-19)22-20-7-3-4-8-21(20)24(29)27-26-22/h1-2,5-6,9-12,18,20-22,26H,3-4,7-8,13-14H2,(H,25,28)(H,27,29). The highest BCUT2D eigenvalue weighted by Gasteiger charge is 2.40. The first-order valence-electron chi connectivity index (χ1n) is 10.7. The molecule has 2 aromatic carbocycles. The zero-order valence-corrected chi connectivity index (χ0v) is 16.5. The number of nitrogens with one attached hydrogen (secondary N) is 3. The van der Waals surface area contributed by atoms with Crippen molar-refractivity contribution < 1.29 is 9.59 Å². The molecule has 0 spiro atoms. The van der Waals surface area contributed by atoms with Crippen LogP contribution in [0.5, 0.6) is 0 Å². The zero-order valence-electron chi connectivity index (χ0n) is 16.5. The molecule has 0 aromatic heterocycles. The Morgan fingerprint density at radius 1 is 0.931 bits per heavy atom. The quantitative estimate of drug-likeness (QED) is 0.752. The smallest absolute Gasteiger partial charge is 0.237 e. The molecular formula is C24H27N3O2. The molecule has 0 radical (unpaired) electrons. The van der Waals surface area contributed by atoms with Crippen LogP contribution in [0.2, 0.25) is 0 Å². The van der Waals surface area contributed by atoms with Crippen molar-refractivity contribution in [2.45, 2.75) is 44.6 Å². The molecule has 150 valence electrons. The first kappa shape index (κ1) is 18.4. The normalized spacial score (nSPS) is 26.3. The summed E-state index contributed by atoms with van der Waals surface area (Å²) < 4.78 is 0. The minimum atomic E-state index is 0.00490. The van der Waals surface area contributed by atoms with Gasteiger partial charge in [-0.1, -0.05) is 49.2 Å². The van der Waals surface area contributed by atoms with E-state index in [1.165, 1.54) is 17.5 Å². The average molecular weight is 389 g/mol. The Bertz CT molecular complexity index is 899. The summed E-state index contributed by atoms with van der Waals surface area (Å²) in [5.74, 6) is 0.676. The van der Waals surface area contributed by atoms with Gasteiger partial charge in [-0.15, -0.1) is 0 Å². The number of carbonyl (C=O) groups is 2. The number of anilines is 1. The lowest BCUT2D eigenvalue weighted by molar-refractivity contribution is -0.133. The third kappa shape index (κ3) is 3.55. The van der Waals surface area contributed by atoms with Gasteiger partial charge in [-0.25, -0.2) is 5.43 Å². The Morgan fingerprint density at radius 3 is 2.34 bits per heavy atom. The van der Waals surface area contributed by atoms with E-state index >= 15 is 0 Å². The number of benzene rings is 2. The fourth-order valence-electron chi connectivity index (χ4n) is 5.33. The summed E-state index contributed by atoms with van der Waals surface area (Å²) in [5.41, 5.74) is 10.6. The molecule has 3 unspecified atom stereocenters. The maximum Gasteiger partial charge on any atom is 0.237 e. The third-order valence-electron chi connectivity index (χ3n) is 6.89. The topological polar surface area (TPSA) is 70.2 Å². The van der Waals surface area contributed by atoms with Crippen LogP contribution in [0, 0.1) is 17.8 Å². The van der Waals surface area contributed by atoms with E-state index in [0.717, 1.165) is 43.4 Å². The van der Waals surface area contributed by atoms with Crippen LogP contribution in [-0.4, -0.2) is 11.8 Å². The minimum absolute atomic E-state index is 0.00490. The van der Waals surface area contributed by atoms with Crippen LogP contribution in [0.1, 0.15) is 48.4 Å². The molecule has 1 saturated heterocycles. The summed E-state index contributed by atoms with van der Waals surface area (Å²) in [6.07, 6.45) is 6.01. The number of rotatable bonds is 3. The molecule has 2 fully saturated rings. The molecule has 1 saturated carbocycles. The highest BCUT2D eigenvalue weighted by Crippen LogP contribution is 2.40. The fraction of sp³-hybridized carbons (Fsp3) is 0.417. The molecule has 5 rings (SSSR count). The van der Waals surface area contributed by atoms with Crippen molar-refractivity contribution in [2.24, 2.45) is 17.8 Å². The molecular weight excluding hydrogens is 362 g/mol. The van der Waals surface area contributed by atoms with Gasteiger partial charge in [0.05, 0.1) is 6.04 Å². The molecule has 2 aromatic rings. The van der Waals surface area contributed by atoms with E-state index in [1.807, 2.05) is 24.3 Å². The first-order chi connectivity index (χ1) is 14.2. The zero-order chi connectivity index (χ0) is 19.8. The lowest BCUT2D eigenvalue weighted by atomic mass is 9.72. The monoisotopic (exact) mass is 389 g/mol. The highest BCUT2D eigenvalue weighted by atomic mass is 16.2. The minimum Gasteiger partial charge on any atom is -0.326 e. The molecule has 3 aliphatic rings. The SMILES string of the molecule is O=C(Nc1ccc(C2NNC(=O)C3CCCCC32)cc1)C1Cc2ccccc2C1. The van der Waals surface area contributed by atoms with E-state index in [1.54, 1.807) is 0 Å². The second kappa shape index (κ2) is 7.64. The summed E-state index contributed by atoms with van der Waals surface area (Å²) >= 11 is 0. The Balaban J connectivity index is 1.25. The summed E-state index contributed by atoms with van der Waals surface area (Å²) in [4.78, 5) is 24.9. The number of hydrazine groups is 1. The molecule has 29 heavy (non-hydrogen) atoms. The summed E-state index contributed by atoms with van der Waals surface area (Å²) in [7, 11) is 0. The van der Waals surface area contributed by atoms with Crippen LogP contribution >= 0.6 is 0 Å². The van der Waals surface area contributed by atoms with Gasteiger partial charge in [-0.05, 0) is 60.4 Å². The third-order valence-corrected chi connectivity index (χ3v) is 6.89. The van der Waals surface area contributed by atoms with Gasteiger partial charge < -0.3 is 5.32 Å². The van der Waals surface area contributed by atoms with E-state index in [0.29, 0.717) is 5.92 Å². The van der Waals surface area contributed by atoms with Crippen LogP contribution in [0.4, 0.5) is 5.69 Å². The molecule has 3 N–H and O–H groups in total. The molecule has 5 heteroatoms. The molecule has 2 amide bonds. The second-order valence-corrected chi connectivity index (χ2v) is 8.65. The van der Waals surface area contributed by atoms with E-state index in [4.69, 9.17) is 0 Å². The van der Waals surface area contributed by atoms with Crippen molar-refractivity contribution >= 4 is 17.5 Å². The summed E-state index contributed by atoms with van der Waals surface area (Å²) in [5, 5.41) is 3.08. The Labute approximate surface area is 171 Å². The number of carbonyl (C=O) groups excluding carboxylic acids is 2. The van der Waals surface area contributed by atoms with Crippen LogP contribution in [0.3, 0.4) is 0 Å². The number of hydrogen-bond donors (Lipinski definition) is 3. The Kier molecular flexibility index (Phi) is 4.84. The second-order valence-electron chi connectivity index (χ2n) is 8.65. The molecule has 0 bridgehead atoms. The maximum absolute atomic E-state index is 12.7. The van der Waals surface area contributed by atoms with Crippen LogP contribution in [0.15, 0.2) is 48.5 Å². The molecule has 2 aliphatic carbocycles. The first-order valence-corrected chi connectivity index (χ1v) is 10.7. The van der Waals surface area contributed by atoms with E-state index < -0.39 is 0 Å². The Morgan fingerprint density at radius 2 is 1.62 bits per heavy atom. The summed E-state index contributed by atoms with van der Waals surface area (Å²) in [6, 6.07) is 16.5. The van der Waals surface area contributed by atoms with Crippen molar-refractivity contribution in [1.29, 1.82) is 0 Å². The molecule has 1 heterocycles. The van der Waals surface area contributed by atoms with Crippen LogP contribution < -0.4 is 16.2 Å². The molecule has 5 nitrogen and oxygen atoms in total. The van der Waals surface area contributed by atoms with Gasteiger partial charge in [-0.2, -0.15) is 0 Å². The van der Waals surface area contributed by atoms with Crippen molar-refractivity contribution in [3.8, 4) is 0 Å². The average Bonchev–Trinajstić information content (AvgIpc) is 3.20. The number of amides is 2. The van der Waals surface area contributed by atoms with Crippen molar-refractivity contribution in [1.82, 2.24) is 10.9 Å². The number of fused-ring (bicyclic) bond motifs is 2. The number of hydrogen-bond acceptors (Lipinski definition) is 3. The van der Waals surface area contributed by atoms with Gasteiger partial charge in [-0.3, -0.25) is 15.0 Å². The van der Waals surface area contributed by atoms with E-state index in [9.17, 15) is 9.59 Å². The lowest BCUT2D eigenvalue weighted by Gasteiger charge is -2.41. The highest BCUT2D eigenvalue weighted by molar-refractivity contribution is 5.93. The van der Waals surface area contributed by atoms with Gasteiger partial charge in [0, 0.05) is 17.5 Å². The maximum atomic E-state index is 12.7. The van der Waals surface area contributed by atoms with Crippen molar-refractivity contribution in [3.05, 3.63) is 65.2 Å². The predicted molar refractivity (Wildman–Crippen MR) is 112 cm³/mol. The van der Waals surface area contributed by atoms with Crippen molar-refractivity contribution in [3.63, 3.8) is 0 Å². The largest absolute Gasteiger partial charge is 0.326 e. The van der Waals surface area contributed by atoms with E-state index in [-0.39, 0.29) is 29.7 Å². The van der Waals surface area contributed by atoms with Gasteiger partial charge in [0.2, 0.25) is 11.8 Å². The van der Waals surface area contributed by atoms with Crippen molar-refractivity contribution in [2.75, 3.05) is 5.32 Å². The molecule has 3 atom stereocenters. The van der Waals surface area contributed by atoms with Gasteiger partial charge in [0.25, 0.3) is 0 Å². The lowest BCUT2D eigenvalue weighted by Crippen LogP contribution is -2.55. The summed E-state index contributed by atoms with van der Waals surface area (Å²) in [6.45, 7) is 0. The van der Waals surface area contributed by atoms with Gasteiger partial charge >= 0.3 is 0 Å².